The van der Waals surface area contributed by atoms with Crippen LogP contribution in [-0.4, -0.2) is 17.9 Å². The second kappa shape index (κ2) is 7.91. The summed E-state index contributed by atoms with van der Waals surface area (Å²) < 4.78 is 6.01. The van der Waals surface area contributed by atoms with Gasteiger partial charge in [0, 0.05) is 11.6 Å². The summed E-state index contributed by atoms with van der Waals surface area (Å²) in [5, 5.41) is 0.859. The molecule has 0 unspecified atom stereocenters. The topological polar surface area (TPSA) is 59.2 Å². The van der Waals surface area contributed by atoms with Crippen molar-refractivity contribution >= 4 is 52.5 Å². The minimum atomic E-state index is -0.269. The van der Waals surface area contributed by atoms with E-state index < -0.39 is 0 Å². The van der Waals surface area contributed by atoms with Crippen LogP contribution < -0.4 is 19.5 Å². The fourth-order valence-electron chi connectivity index (χ4n) is 2.24. The van der Waals surface area contributed by atoms with Gasteiger partial charge in [0.1, 0.15) is 5.75 Å². The first-order valence-electron chi connectivity index (χ1n) is 7.52. The van der Waals surface area contributed by atoms with Crippen molar-refractivity contribution in [3.05, 3.63) is 83.2 Å². The first kappa shape index (κ1) is 18.5. The SMILES string of the molecule is COc1ccc(C(=O)/C=c2\[nH]c(=O)/c(=C\c3ccc(Cl)c(Cl)c3)s2)cc1. The second-order valence-corrected chi connectivity index (χ2v) is 7.24. The first-order chi connectivity index (χ1) is 12.5. The Morgan fingerprint density at radius 1 is 1.12 bits per heavy atom. The van der Waals surface area contributed by atoms with Crippen LogP contribution in [0, 0.1) is 0 Å². The highest BCUT2D eigenvalue weighted by atomic mass is 35.5. The summed E-state index contributed by atoms with van der Waals surface area (Å²) >= 11 is 13.1. The third-order valence-electron chi connectivity index (χ3n) is 3.56. The number of aromatic nitrogens is 1. The number of methoxy groups -OCH3 is 1. The molecule has 1 heterocycles. The molecule has 26 heavy (non-hydrogen) atoms. The van der Waals surface area contributed by atoms with Crippen LogP contribution in [0.3, 0.4) is 0 Å². The zero-order valence-electron chi connectivity index (χ0n) is 13.6. The lowest BCUT2D eigenvalue weighted by molar-refractivity contribution is 0.106. The summed E-state index contributed by atoms with van der Waals surface area (Å²) in [4.78, 5) is 27.1. The summed E-state index contributed by atoms with van der Waals surface area (Å²) in [6, 6.07) is 11.9. The normalized spacial score (nSPS) is 12.4. The zero-order chi connectivity index (χ0) is 18.7. The van der Waals surface area contributed by atoms with E-state index >= 15 is 0 Å². The Bertz CT molecular complexity index is 1130. The van der Waals surface area contributed by atoms with Crippen molar-refractivity contribution in [3.8, 4) is 5.75 Å². The molecule has 0 spiro atoms. The number of carbonyl (C=O) groups is 1. The van der Waals surface area contributed by atoms with E-state index in [1.807, 2.05) is 0 Å². The molecule has 132 valence electrons. The Morgan fingerprint density at radius 2 is 1.85 bits per heavy atom. The average Bonchev–Trinajstić information content (AvgIpc) is 2.97. The minimum Gasteiger partial charge on any atom is -0.497 e. The molecule has 7 heteroatoms. The quantitative estimate of drug-likeness (QED) is 0.677. The first-order valence-corrected chi connectivity index (χ1v) is 9.09. The Labute approximate surface area is 163 Å². The maximum absolute atomic E-state index is 12.3. The van der Waals surface area contributed by atoms with Crippen LogP contribution >= 0.6 is 34.5 Å². The summed E-state index contributed by atoms with van der Waals surface area (Å²) in [5.41, 5.74) is 0.990. The van der Waals surface area contributed by atoms with E-state index in [0.29, 0.717) is 30.6 Å². The number of nitrogens with one attached hydrogen (secondary N) is 1. The fraction of sp³-hybridized carbons (Fsp3) is 0.0526. The van der Waals surface area contributed by atoms with Gasteiger partial charge in [-0.1, -0.05) is 29.3 Å². The monoisotopic (exact) mass is 405 g/mol. The molecule has 0 aliphatic carbocycles. The van der Waals surface area contributed by atoms with Crippen molar-refractivity contribution < 1.29 is 9.53 Å². The average molecular weight is 406 g/mol. The minimum absolute atomic E-state index is 0.203. The van der Waals surface area contributed by atoms with Crippen molar-refractivity contribution in [1.82, 2.24) is 4.98 Å². The molecule has 0 amide bonds. The summed E-state index contributed by atoms with van der Waals surface area (Å²) in [6.07, 6.45) is 3.10. The second-order valence-electron chi connectivity index (χ2n) is 5.34. The third-order valence-corrected chi connectivity index (χ3v) is 5.26. The molecule has 3 rings (SSSR count). The molecular formula is C19H13Cl2NO3S. The van der Waals surface area contributed by atoms with Crippen LogP contribution in [0.1, 0.15) is 15.9 Å². The van der Waals surface area contributed by atoms with Crippen LogP contribution in [0.5, 0.6) is 5.75 Å². The van der Waals surface area contributed by atoms with E-state index in [1.165, 1.54) is 17.4 Å². The van der Waals surface area contributed by atoms with E-state index in [9.17, 15) is 9.59 Å². The predicted molar refractivity (Wildman–Crippen MR) is 106 cm³/mol. The van der Waals surface area contributed by atoms with E-state index in [2.05, 4.69) is 4.98 Å². The van der Waals surface area contributed by atoms with Crippen LogP contribution in [-0.2, 0) is 0 Å². The highest BCUT2D eigenvalue weighted by Crippen LogP contribution is 2.22. The smallest absolute Gasteiger partial charge is 0.266 e. The van der Waals surface area contributed by atoms with Gasteiger partial charge in [-0.15, -0.1) is 11.3 Å². The lowest BCUT2D eigenvalue weighted by Gasteiger charge is -1.99. The number of Topliss-reactive ketones (excluding diaryl/α,β-unsaturated/α-hetero) is 1. The molecule has 0 bridgehead atoms. The Kier molecular flexibility index (Phi) is 5.61. The van der Waals surface area contributed by atoms with E-state index in [-0.39, 0.29) is 11.3 Å². The molecule has 3 aromatic rings. The maximum Gasteiger partial charge on any atom is 0.266 e. The van der Waals surface area contributed by atoms with Gasteiger partial charge in [-0.3, -0.25) is 9.59 Å². The molecule has 0 aliphatic rings. The fourth-order valence-corrected chi connectivity index (χ4v) is 3.43. The number of thiazole rings is 1. The molecule has 2 aromatic carbocycles. The number of aromatic amines is 1. The van der Waals surface area contributed by atoms with Crippen molar-refractivity contribution in [3.63, 3.8) is 0 Å². The highest BCUT2D eigenvalue weighted by molar-refractivity contribution is 7.07. The summed E-state index contributed by atoms with van der Waals surface area (Å²) in [7, 11) is 1.56. The van der Waals surface area contributed by atoms with Crippen molar-refractivity contribution in [1.29, 1.82) is 0 Å². The van der Waals surface area contributed by atoms with Crippen molar-refractivity contribution in [2.24, 2.45) is 0 Å². The van der Waals surface area contributed by atoms with Crippen LogP contribution in [0.2, 0.25) is 10.0 Å². The lowest BCUT2D eigenvalue weighted by atomic mass is 10.1. The Morgan fingerprint density at radius 3 is 2.50 bits per heavy atom. The number of H-pyrrole nitrogens is 1. The number of benzene rings is 2. The number of hydrogen-bond acceptors (Lipinski definition) is 4. The number of halogens is 2. The molecule has 4 nitrogen and oxygen atoms in total. The van der Waals surface area contributed by atoms with Gasteiger partial charge in [-0.25, -0.2) is 0 Å². The lowest BCUT2D eigenvalue weighted by Crippen LogP contribution is -2.20. The van der Waals surface area contributed by atoms with Crippen LogP contribution in [0.15, 0.2) is 47.3 Å². The Hall–Kier alpha value is -2.34. The molecule has 0 saturated heterocycles. The van der Waals surface area contributed by atoms with Crippen LogP contribution in [0.25, 0.3) is 12.2 Å². The number of ketones is 1. The van der Waals surface area contributed by atoms with Crippen LogP contribution in [0.4, 0.5) is 0 Å². The molecule has 0 atom stereocenters. The molecule has 0 radical (unpaired) electrons. The molecule has 0 saturated carbocycles. The number of hydrogen-bond donors (Lipinski definition) is 1. The number of rotatable bonds is 4. The predicted octanol–water partition coefficient (Wildman–Crippen LogP) is 3.24. The highest BCUT2D eigenvalue weighted by Gasteiger charge is 2.04. The molecule has 0 aliphatic heterocycles. The van der Waals surface area contributed by atoms with Gasteiger partial charge in [0.2, 0.25) is 0 Å². The maximum atomic E-state index is 12.3. The summed E-state index contributed by atoms with van der Waals surface area (Å²) in [5.74, 6) is 0.468. The van der Waals surface area contributed by atoms with Gasteiger partial charge < -0.3 is 9.72 Å². The van der Waals surface area contributed by atoms with Gasteiger partial charge in [0.15, 0.2) is 5.78 Å². The van der Waals surface area contributed by atoms with Crippen molar-refractivity contribution in [2.45, 2.75) is 0 Å². The largest absolute Gasteiger partial charge is 0.497 e. The van der Waals surface area contributed by atoms with E-state index in [4.69, 9.17) is 27.9 Å². The Balaban J connectivity index is 1.94. The molecule has 1 N–H and O–H groups in total. The zero-order valence-corrected chi connectivity index (χ0v) is 15.9. The van der Waals surface area contributed by atoms with Gasteiger partial charge in [0.05, 0.1) is 26.4 Å². The molecular weight excluding hydrogens is 393 g/mol. The van der Waals surface area contributed by atoms with Crippen molar-refractivity contribution in [2.75, 3.05) is 7.11 Å². The van der Waals surface area contributed by atoms with E-state index in [0.717, 1.165) is 5.56 Å². The van der Waals surface area contributed by atoms with E-state index in [1.54, 1.807) is 55.7 Å². The summed E-state index contributed by atoms with van der Waals surface area (Å²) in [6.45, 7) is 0. The third kappa shape index (κ3) is 4.25. The van der Waals surface area contributed by atoms with Gasteiger partial charge in [-0.2, -0.15) is 0 Å². The number of carbonyl (C=O) groups excluding carboxylic acids is 1. The standard InChI is InChI=1S/C19H13Cl2NO3S/c1-25-13-5-3-12(4-6-13)16(23)10-18-22-19(24)17(26-18)9-11-2-7-14(20)15(21)8-11/h2-10H,1H3,(H,22,24)/b17-9+,18-10+. The van der Waals surface area contributed by atoms with Gasteiger partial charge in [0.25, 0.3) is 5.56 Å². The molecule has 1 aromatic heterocycles. The van der Waals surface area contributed by atoms with Gasteiger partial charge >= 0.3 is 0 Å². The van der Waals surface area contributed by atoms with Gasteiger partial charge in [-0.05, 0) is 48.0 Å². The number of ether oxygens (including phenoxy) is 1. The molecule has 0 fully saturated rings.